The Morgan fingerprint density at radius 3 is 2.83 bits per heavy atom. The van der Waals surface area contributed by atoms with Crippen LogP contribution >= 0.6 is 0 Å². The lowest BCUT2D eigenvalue weighted by atomic mass is 9.62. The minimum atomic E-state index is -0.188. The van der Waals surface area contributed by atoms with Crippen molar-refractivity contribution >= 4 is 11.9 Å². The zero-order valence-corrected chi connectivity index (χ0v) is 17.8. The van der Waals surface area contributed by atoms with Crippen molar-refractivity contribution in [3.63, 3.8) is 0 Å². The quantitative estimate of drug-likeness (QED) is 0.385. The number of ether oxygens (including phenoxy) is 1. The lowest BCUT2D eigenvalue weighted by molar-refractivity contribution is -0.220. The maximum atomic E-state index is 11.5. The average molecular weight is 402 g/mol. The Morgan fingerprint density at radius 2 is 2.10 bits per heavy atom. The number of hydrogen-bond donors (Lipinski definition) is 1. The van der Waals surface area contributed by atoms with Crippen LogP contribution in [0.1, 0.15) is 58.8 Å². The molecule has 0 spiro atoms. The summed E-state index contributed by atoms with van der Waals surface area (Å²) in [5, 5.41) is 2.95. The van der Waals surface area contributed by atoms with Crippen LogP contribution in [0, 0.1) is 11.8 Å². The summed E-state index contributed by atoms with van der Waals surface area (Å²) in [6.07, 6.45) is 12.3. The van der Waals surface area contributed by atoms with Crippen LogP contribution in [0.5, 0.6) is 0 Å². The van der Waals surface area contributed by atoms with Gasteiger partial charge >= 0.3 is 5.97 Å². The van der Waals surface area contributed by atoms with Crippen molar-refractivity contribution in [2.24, 2.45) is 11.8 Å². The normalized spacial score (nSPS) is 40.7. The fourth-order valence-electron chi connectivity index (χ4n) is 6.56. The molecule has 1 amide bonds. The summed E-state index contributed by atoms with van der Waals surface area (Å²) in [5.41, 5.74) is 1.40. The highest BCUT2D eigenvalue weighted by Gasteiger charge is 2.60. The molecular weight excluding hydrogens is 366 g/mol. The number of piperidine rings is 3. The molecule has 6 heteroatoms. The first-order chi connectivity index (χ1) is 14.0. The van der Waals surface area contributed by atoms with Gasteiger partial charge in [-0.1, -0.05) is 6.08 Å². The Labute approximate surface area is 174 Å². The van der Waals surface area contributed by atoms with E-state index in [1.807, 2.05) is 6.20 Å². The Morgan fingerprint density at radius 1 is 1.28 bits per heavy atom. The standard InChI is InChI=1S/C23H35N3O3/c1-4-7-21-19-12-18-14-25(21)22-10-9-17(13-24-15(2)27)23(19)26(22)20(18)8-5-6-11-29-16(3)28/h4,13,18-23H,1,5-12,14H2,2-3H3,(H,24,27)/b17-13+/t18?,19?,20-,21+,22?,23?/m1/s1. The first-order valence-electron chi connectivity index (χ1n) is 11.2. The number of amides is 1. The molecule has 160 valence electrons. The minimum Gasteiger partial charge on any atom is -0.466 e. The SMILES string of the molecule is C=CC[C@H]1C2CC3CN1C1CC/C(=C\NC(C)=O)C2N1[C@@H]3CCCCOC(C)=O. The molecule has 6 nitrogen and oxygen atoms in total. The first-order valence-corrected chi connectivity index (χ1v) is 11.2. The van der Waals surface area contributed by atoms with Crippen molar-refractivity contribution < 1.29 is 14.3 Å². The molecule has 5 aliphatic rings. The van der Waals surface area contributed by atoms with Crippen molar-refractivity contribution in [3.8, 4) is 0 Å². The maximum absolute atomic E-state index is 11.5. The number of hydrogen-bond acceptors (Lipinski definition) is 5. The van der Waals surface area contributed by atoms with Gasteiger partial charge in [-0.05, 0) is 62.4 Å². The number of carbonyl (C=O) groups excluding carboxylic acids is 2. The van der Waals surface area contributed by atoms with Crippen LogP contribution < -0.4 is 5.32 Å². The number of nitrogens with zero attached hydrogens (tertiary/aromatic N) is 2. The molecule has 8 atom stereocenters. The van der Waals surface area contributed by atoms with Gasteiger partial charge in [0.1, 0.15) is 0 Å². The van der Waals surface area contributed by atoms with Gasteiger partial charge in [-0.25, -0.2) is 0 Å². The summed E-state index contributed by atoms with van der Waals surface area (Å²) in [5.74, 6) is 1.17. The summed E-state index contributed by atoms with van der Waals surface area (Å²) in [7, 11) is 0. The molecule has 0 aromatic carbocycles. The smallest absolute Gasteiger partial charge is 0.302 e. The number of nitrogens with one attached hydrogen (secondary N) is 1. The molecule has 5 fully saturated rings. The topological polar surface area (TPSA) is 61.9 Å². The van der Waals surface area contributed by atoms with E-state index in [0.717, 1.165) is 38.0 Å². The fourth-order valence-corrected chi connectivity index (χ4v) is 6.56. The highest BCUT2D eigenvalue weighted by molar-refractivity contribution is 5.74. The molecule has 0 radical (unpaired) electrons. The molecule has 0 aromatic heterocycles. The van der Waals surface area contributed by atoms with E-state index < -0.39 is 0 Å². The number of rotatable bonds is 8. The van der Waals surface area contributed by atoms with E-state index in [1.165, 1.54) is 31.9 Å². The van der Waals surface area contributed by atoms with E-state index in [1.54, 1.807) is 6.92 Å². The largest absolute Gasteiger partial charge is 0.466 e. The van der Waals surface area contributed by atoms with E-state index in [2.05, 4.69) is 27.8 Å². The minimum absolute atomic E-state index is 0.00634. The molecule has 6 bridgehead atoms. The van der Waals surface area contributed by atoms with Crippen molar-refractivity contribution in [1.29, 1.82) is 0 Å². The molecule has 5 aliphatic heterocycles. The second kappa shape index (κ2) is 8.60. The van der Waals surface area contributed by atoms with Crippen LogP contribution in [0.3, 0.4) is 0 Å². The van der Waals surface area contributed by atoms with Gasteiger partial charge in [-0.3, -0.25) is 19.4 Å². The molecule has 5 saturated heterocycles. The van der Waals surface area contributed by atoms with Crippen molar-refractivity contribution in [1.82, 2.24) is 15.1 Å². The van der Waals surface area contributed by atoms with Crippen LogP contribution in [0.25, 0.3) is 0 Å². The van der Waals surface area contributed by atoms with Gasteiger partial charge < -0.3 is 10.1 Å². The molecule has 5 heterocycles. The number of carbonyl (C=O) groups is 2. The molecule has 29 heavy (non-hydrogen) atoms. The summed E-state index contributed by atoms with van der Waals surface area (Å²) >= 11 is 0. The van der Waals surface area contributed by atoms with Crippen LogP contribution in [0.15, 0.2) is 24.4 Å². The van der Waals surface area contributed by atoms with E-state index in [9.17, 15) is 9.59 Å². The van der Waals surface area contributed by atoms with Gasteiger partial charge in [0.05, 0.1) is 12.8 Å². The third kappa shape index (κ3) is 3.89. The Balaban J connectivity index is 1.52. The van der Waals surface area contributed by atoms with Crippen molar-refractivity contribution in [3.05, 3.63) is 24.4 Å². The maximum Gasteiger partial charge on any atom is 0.302 e. The molecule has 1 N–H and O–H groups in total. The van der Waals surface area contributed by atoms with Crippen molar-refractivity contribution in [2.45, 2.75) is 83.1 Å². The predicted molar refractivity (Wildman–Crippen MR) is 112 cm³/mol. The fraction of sp³-hybridized carbons (Fsp3) is 0.739. The van der Waals surface area contributed by atoms with Crippen LogP contribution in [-0.4, -0.2) is 59.1 Å². The van der Waals surface area contributed by atoms with Gasteiger partial charge in [0.15, 0.2) is 0 Å². The second-order valence-electron chi connectivity index (χ2n) is 9.18. The Bertz CT molecular complexity index is 691. The van der Waals surface area contributed by atoms with E-state index in [0.29, 0.717) is 36.8 Å². The van der Waals surface area contributed by atoms with Crippen molar-refractivity contribution in [2.75, 3.05) is 13.2 Å². The van der Waals surface area contributed by atoms with Crippen LogP contribution in [-0.2, 0) is 14.3 Å². The summed E-state index contributed by atoms with van der Waals surface area (Å²) in [6.45, 7) is 8.82. The van der Waals surface area contributed by atoms with Gasteiger partial charge in [0.25, 0.3) is 0 Å². The first kappa shape index (κ1) is 20.6. The molecule has 5 rings (SSSR count). The number of unbranched alkanes of at least 4 members (excludes halogenated alkanes) is 1. The van der Waals surface area contributed by atoms with Gasteiger partial charge in [-0.2, -0.15) is 0 Å². The van der Waals surface area contributed by atoms with E-state index in [-0.39, 0.29) is 11.9 Å². The third-order valence-electron chi connectivity index (χ3n) is 7.46. The Kier molecular flexibility index (Phi) is 6.11. The van der Waals surface area contributed by atoms with Gasteiger partial charge in [-0.15, -0.1) is 6.58 Å². The van der Waals surface area contributed by atoms with Gasteiger partial charge in [0.2, 0.25) is 5.91 Å². The summed E-state index contributed by atoms with van der Waals surface area (Å²) < 4.78 is 5.12. The molecular formula is C23H35N3O3. The van der Waals surface area contributed by atoms with E-state index in [4.69, 9.17) is 4.74 Å². The lowest BCUT2D eigenvalue weighted by Gasteiger charge is -2.70. The second-order valence-corrected chi connectivity index (χ2v) is 9.18. The Hall–Kier alpha value is -1.66. The molecule has 6 unspecified atom stereocenters. The number of esters is 1. The van der Waals surface area contributed by atoms with E-state index >= 15 is 0 Å². The average Bonchev–Trinajstić information content (AvgIpc) is 2.68. The molecule has 0 saturated carbocycles. The third-order valence-corrected chi connectivity index (χ3v) is 7.46. The highest BCUT2D eigenvalue weighted by atomic mass is 16.5. The summed E-state index contributed by atoms with van der Waals surface area (Å²) in [6, 6.07) is 1.62. The zero-order chi connectivity index (χ0) is 20.5. The molecule has 0 aliphatic carbocycles. The van der Waals surface area contributed by atoms with Gasteiger partial charge in [0, 0.05) is 44.7 Å². The highest BCUT2D eigenvalue weighted by Crippen LogP contribution is 2.55. The van der Waals surface area contributed by atoms with Crippen LogP contribution in [0.2, 0.25) is 0 Å². The lowest BCUT2D eigenvalue weighted by Crippen LogP contribution is -2.79. The monoisotopic (exact) mass is 401 g/mol. The summed E-state index contributed by atoms with van der Waals surface area (Å²) in [4.78, 5) is 28.1. The molecule has 0 aromatic rings. The van der Waals surface area contributed by atoms with Crippen LogP contribution in [0.4, 0.5) is 0 Å². The predicted octanol–water partition coefficient (Wildman–Crippen LogP) is 2.81. The zero-order valence-electron chi connectivity index (χ0n) is 17.8.